The smallest absolute Gasteiger partial charge is 0.320 e. The molecule has 1 unspecified atom stereocenters. The molecule has 2 aliphatic rings. The van der Waals surface area contributed by atoms with Crippen LogP contribution >= 0.6 is 0 Å². The Hall–Kier alpha value is -0.780. The second kappa shape index (κ2) is 6.15. The molecule has 2 rings (SSSR count). The number of likely N-dealkylation sites (tertiary alicyclic amines) is 1. The predicted molar refractivity (Wildman–Crippen MR) is 84.0 cm³/mol. The van der Waals surface area contributed by atoms with Crippen molar-refractivity contribution < 1.29 is 13.2 Å². The van der Waals surface area contributed by atoms with Gasteiger partial charge in [-0.1, -0.05) is 20.8 Å². The van der Waals surface area contributed by atoms with Crippen LogP contribution in [0.2, 0.25) is 0 Å². The molecule has 6 heteroatoms. The van der Waals surface area contributed by atoms with E-state index < -0.39 is 9.84 Å². The molecule has 21 heavy (non-hydrogen) atoms. The highest BCUT2D eigenvalue weighted by molar-refractivity contribution is 7.91. The van der Waals surface area contributed by atoms with Crippen molar-refractivity contribution in [1.29, 1.82) is 0 Å². The Balaban J connectivity index is 2.09. The van der Waals surface area contributed by atoms with Crippen LogP contribution in [-0.2, 0) is 9.84 Å². The van der Waals surface area contributed by atoms with Gasteiger partial charge in [0.25, 0.3) is 0 Å². The van der Waals surface area contributed by atoms with Crippen LogP contribution in [0.15, 0.2) is 0 Å². The second-order valence-electron chi connectivity index (χ2n) is 6.97. The van der Waals surface area contributed by atoms with Gasteiger partial charge in [0.2, 0.25) is 0 Å². The monoisotopic (exact) mass is 316 g/mol. The molecule has 0 bridgehead atoms. The Bertz CT molecular complexity index is 473. The van der Waals surface area contributed by atoms with E-state index in [0.717, 1.165) is 25.8 Å². The maximum atomic E-state index is 12.8. The lowest BCUT2D eigenvalue weighted by atomic mass is 9.77. The summed E-state index contributed by atoms with van der Waals surface area (Å²) in [5.41, 5.74) is 0.109. The maximum absolute atomic E-state index is 12.8. The third-order valence-electron chi connectivity index (χ3n) is 5.18. The van der Waals surface area contributed by atoms with Gasteiger partial charge in [-0.25, -0.2) is 13.2 Å². The quantitative estimate of drug-likeness (QED) is 0.784. The van der Waals surface area contributed by atoms with E-state index in [1.165, 1.54) is 6.42 Å². The number of carbonyl (C=O) groups excluding carboxylic acids is 1. The van der Waals surface area contributed by atoms with Gasteiger partial charge in [-0.15, -0.1) is 0 Å². The van der Waals surface area contributed by atoms with Crippen molar-refractivity contribution in [3.63, 3.8) is 0 Å². The number of urea groups is 1. The first-order valence-corrected chi connectivity index (χ1v) is 9.85. The summed E-state index contributed by atoms with van der Waals surface area (Å²) in [4.78, 5) is 16.5. The van der Waals surface area contributed by atoms with Gasteiger partial charge in [0.1, 0.15) is 0 Å². The van der Waals surface area contributed by atoms with E-state index in [1.54, 1.807) is 4.90 Å². The molecule has 1 atom stereocenters. The summed E-state index contributed by atoms with van der Waals surface area (Å²) in [6.07, 6.45) is 4.31. The number of amides is 2. The van der Waals surface area contributed by atoms with Gasteiger partial charge < -0.3 is 9.80 Å². The largest absolute Gasteiger partial charge is 0.323 e. The molecule has 0 aromatic rings. The van der Waals surface area contributed by atoms with E-state index in [-0.39, 0.29) is 29.0 Å². The molecule has 2 fully saturated rings. The van der Waals surface area contributed by atoms with E-state index in [2.05, 4.69) is 20.8 Å². The average Bonchev–Trinajstić information content (AvgIpc) is 2.46. The molecule has 0 radical (unpaired) electrons. The highest BCUT2D eigenvalue weighted by Gasteiger charge is 2.39. The minimum Gasteiger partial charge on any atom is -0.323 e. The molecular weight excluding hydrogens is 288 g/mol. The summed E-state index contributed by atoms with van der Waals surface area (Å²) in [5.74, 6) is 0.211. The molecule has 122 valence electrons. The van der Waals surface area contributed by atoms with Gasteiger partial charge in [-0.2, -0.15) is 0 Å². The van der Waals surface area contributed by atoms with E-state index in [4.69, 9.17) is 0 Å². The fourth-order valence-electron chi connectivity index (χ4n) is 3.29. The van der Waals surface area contributed by atoms with Crippen molar-refractivity contribution in [2.24, 2.45) is 5.41 Å². The minimum atomic E-state index is -2.94. The zero-order valence-corrected chi connectivity index (χ0v) is 14.3. The number of hydrogen-bond donors (Lipinski definition) is 0. The fourth-order valence-corrected chi connectivity index (χ4v) is 4.50. The zero-order chi connectivity index (χ0) is 15.7. The van der Waals surface area contributed by atoms with Crippen LogP contribution < -0.4 is 0 Å². The van der Waals surface area contributed by atoms with E-state index in [0.29, 0.717) is 13.1 Å². The third kappa shape index (κ3) is 3.71. The Morgan fingerprint density at radius 3 is 2.33 bits per heavy atom. The van der Waals surface area contributed by atoms with Gasteiger partial charge in [0.05, 0.1) is 11.5 Å². The Labute approximate surface area is 128 Å². The number of sulfone groups is 1. The van der Waals surface area contributed by atoms with Crippen molar-refractivity contribution in [3.8, 4) is 0 Å². The highest BCUT2D eigenvalue weighted by Crippen LogP contribution is 2.35. The van der Waals surface area contributed by atoms with Crippen molar-refractivity contribution in [2.75, 3.05) is 31.1 Å². The van der Waals surface area contributed by atoms with Gasteiger partial charge in [0.15, 0.2) is 9.84 Å². The van der Waals surface area contributed by atoms with Gasteiger partial charge in [-0.05, 0) is 31.1 Å². The standard InChI is InChI=1S/C15H28N2O3S/c1-4-15(2,3)13-7-5-6-8-17(13)14(18)16-9-11-21(19,20)12-10-16/h13H,4-12H2,1-3H3. The van der Waals surface area contributed by atoms with Crippen LogP contribution in [0.5, 0.6) is 0 Å². The first kappa shape index (κ1) is 16.6. The van der Waals surface area contributed by atoms with Gasteiger partial charge in [-0.3, -0.25) is 0 Å². The van der Waals surface area contributed by atoms with Crippen LogP contribution in [0.4, 0.5) is 4.79 Å². The Morgan fingerprint density at radius 1 is 1.14 bits per heavy atom. The average molecular weight is 316 g/mol. The molecule has 0 spiro atoms. The van der Waals surface area contributed by atoms with Crippen LogP contribution in [0.3, 0.4) is 0 Å². The lowest BCUT2D eigenvalue weighted by Crippen LogP contribution is -2.57. The molecule has 2 aliphatic heterocycles. The second-order valence-corrected chi connectivity index (χ2v) is 9.27. The lowest BCUT2D eigenvalue weighted by molar-refractivity contribution is 0.0578. The molecule has 5 nitrogen and oxygen atoms in total. The molecule has 0 saturated carbocycles. The molecule has 2 heterocycles. The van der Waals surface area contributed by atoms with E-state index in [1.807, 2.05) is 4.90 Å². The number of carbonyl (C=O) groups is 1. The van der Waals surface area contributed by atoms with Gasteiger partial charge in [0, 0.05) is 25.7 Å². The van der Waals surface area contributed by atoms with Crippen molar-refractivity contribution in [1.82, 2.24) is 9.80 Å². The summed E-state index contributed by atoms with van der Waals surface area (Å²) >= 11 is 0. The number of nitrogens with zero attached hydrogens (tertiary/aromatic N) is 2. The lowest BCUT2D eigenvalue weighted by Gasteiger charge is -2.46. The molecular formula is C15H28N2O3S. The summed E-state index contributed by atoms with van der Waals surface area (Å²) in [6, 6.07) is 0.304. The minimum absolute atomic E-state index is 0.0381. The highest BCUT2D eigenvalue weighted by atomic mass is 32.2. The molecule has 0 N–H and O–H groups in total. The SMILES string of the molecule is CCC(C)(C)C1CCCCN1C(=O)N1CCS(=O)(=O)CC1. The first-order valence-electron chi connectivity index (χ1n) is 8.03. The van der Waals surface area contributed by atoms with Crippen molar-refractivity contribution in [3.05, 3.63) is 0 Å². The Morgan fingerprint density at radius 2 is 1.76 bits per heavy atom. The summed E-state index contributed by atoms with van der Waals surface area (Å²) < 4.78 is 23.0. The molecule has 2 saturated heterocycles. The molecule has 0 aromatic carbocycles. The molecule has 0 aromatic heterocycles. The van der Waals surface area contributed by atoms with Crippen LogP contribution in [0.1, 0.15) is 46.5 Å². The fraction of sp³-hybridized carbons (Fsp3) is 0.933. The molecule has 0 aliphatic carbocycles. The summed E-state index contributed by atoms with van der Waals surface area (Å²) in [6.45, 7) is 8.11. The topological polar surface area (TPSA) is 57.7 Å². The normalized spacial score (nSPS) is 26.7. The maximum Gasteiger partial charge on any atom is 0.320 e. The van der Waals surface area contributed by atoms with Gasteiger partial charge >= 0.3 is 6.03 Å². The van der Waals surface area contributed by atoms with Crippen molar-refractivity contribution in [2.45, 2.75) is 52.5 Å². The zero-order valence-electron chi connectivity index (χ0n) is 13.5. The Kier molecular flexibility index (Phi) is 4.85. The van der Waals surface area contributed by atoms with Crippen LogP contribution in [0.25, 0.3) is 0 Å². The summed E-state index contributed by atoms with van der Waals surface area (Å²) in [5, 5.41) is 0. The van der Waals surface area contributed by atoms with Crippen LogP contribution in [0, 0.1) is 5.41 Å². The van der Waals surface area contributed by atoms with Crippen LogP contribution in [-0.4, -0.2) is 61.4 Å². The summed E-state index contributed by atoms with van der Waals surface area (Å²) in [7, 11) is -2.94. The number of rotatable bonds is 2. The third-order valence-corrected chi connectivity index (χ3v) is 6.79. The number of hydrogen-bond acceptors (Lipinski definition) is 3. The predicted octanol–water partition coefficient (Wildman–Crippen LogP) is 2.13. The first-order chi connectivity index (χ1) is 9.77. The van der Waals surface area contributed by atoms with E-state index >= 15 is 0 Å². The van der Waals surface area contributed by atoms with Crippen molar-refractivity contribution >= 4 is 15.9 Å². The molecule has 2 amide bonds. The number of piperidine rings is 1. The van der Waals surface area contributed by atoms with E-state index in [9.17, 15) is 13.2 Å².